The molecule has 0 spiro atoms. The molecule has 4 heteroatoms. The van der Waals surface area contributed by atoms with Crippen LogP contribution in [0.4, 0.5) is 0 Å². The number of hydrogen-bond donors (Lipinski definition) is 0. The van der Waals surface area contributed by atoms with Gasteiger partial charge in [-0.2, -0.15) is 0 Å². The van der Waals surface area contributed by atoms with Crippen LogP contribution in [0.25, 0.3) is 11.3 Å². The molecule has 0 saturated heterocycles. The summed E-state index contributed by atoms with van der Waals surface area (Å²) in [5.41, 5.74) is 2.71. The van der Waals surface area contributed by atoms with E-state index in [0.29, 0.717) is 16.5 Å². The molecule has 0 aliphatic carbocycles. The standard InChI is InChI=1S/C11H8BrNO2/c1-7-4-2-3-5-8(7)11-10(12)9(6-14)15-13-11/h2-6H,1H3. The highest BCUT2D eigenvalue weighted by Gasteiger charge is 2.15. The Morgan fingerprint density at radius 3 is 2.73 bits per heavy atom. The fourth-order valence-electron chi connectivity index (χ4n) is 1.37. The molecule has 1 aromatic carbocycles. The zero-order chi connectivity index (χ0) is 10.8. The van der Waals surface area contributed by atoms with Crippen LogP contribution in [0.1, 0.15) is 16.1 Å². The molecule has 1 heterocycles. The van der Waals surface area contributed by atoms with Gasteiger partial charge in [-0.15, -0.1) is 0 Å². The van der Waals surface area contributed by atoms with Gasteiger partial charge >= 0.3 is 0 Å². The van der Waals surface area contributed by atoms with Crippen LogP contribution in [-0.2, 0) is 0 Å². The van der Waals surface area contributed by atoms with Crippen LogP contribution in [0.5, 0.6) is 0 Å². The topological polar surface area (TPSA) is 43.1 Å². The highest BCUT2D eigenvalue weighted by Crippen LogP contribution is 2.31. The number of carbonyl (C=O) groups excluding carboxylic acids is 1. The van der Waals surface area contributed by atoms with E-state index in [1.54, 1.807) is 0 Å². The van der Waals surface area contributed by atoms with E-state index in [1.807, 2.05) is 31.2 Å². The van der Waals surface area contributed by atoms with E-state index in [-0.39, 0.29) is 5.76 Å². The lowest BCUT2D eigenvalue weighted by molar-refractivity contribution is 0.109. The molecule has 0 aliphatic rings. The molecule has 1 aromatic heterocycles. The summed E-state index contributed by atoms with van der Waals surface area (Å²) in [6.45, 7) is 1.98. The first-order chi connectivity index (χ1) is 7.24. The third kappa shape index (κ3) is 1.72. The summed E-state index contributed by atoms with van der Waals surface area (Å²) in [5.74, 6) is 0.216. The van der Waals surface area contributed by atoms with Crippen LogP contribution >= 0.6 is 15.9 Å². The summed E-state index contributed by atoms with van der Waals surface area (Å²) >= 11 is 3.29. The van der Waals surface area contributed by atoms with E-state index in [0.717, 1.165) is 11.1 Å². The Kier molecular flexibility index (Phi) is 2.68. The lowest BCUT2D eigenvalue weighted by Crippen LogP contribution is -1.83. The summed E-state index contributed by atoms with van der Waals surface area (Å²) in [6.07, 6.45) is 0.638. The number of aryl methyl sites for hydroxylation is 1. The molecule has 3 nitrogen and oxygen atoms in total. The van der Waals surface area contributed by atoms with Crippen LogP contribution in [0.15, 0.2) is 33.3 Å². The van der Waals surface area contributed by atoms with Crippen molar-refractivity contribution in [3.63, 3.8) is 0 Å². The van der Waals surface area contributed by atoms with Crippen LogP contribution in [0.3, 0.4) is 0 Å². The minimum Gasteiger partial charge on any atom is -0.352 e. The Morgan fingerprint density at radius 1 is 1.40 bits per heavy atom. The van der Waals surface area contributed by atoms with E-state index >= 15 is 0 Å². The molecule has 2 rings (SSSR count). The average molecular weight is 266 g/mol. The van der Waals surface area contributed by atoms with Gasteiger partial charge in [0, 0.05) is 5.56 Å². The number of aromatic nitrogens is 1. The number of benzene rings is 1. The maximum Gasteiger partial charge on any atom is 0.214 e. The van der Waals surface area contributed by atoms with Crippen molar-refractivity contribution in [3.8, 4) is 11.3 Å². The fourth-order valence-corrected chi connectivity index (χ4v) is 1.82. The summed E-state index contributed by atoms with van der Waals surface area (Å²) in [7, 11) is 0. The predicted octanol–water partition coefficient (Wildman–Crippen LogP) is 3.23. The van der Waals surface area contributed by atoms with E-state index in [2.05, 4.69) is 21.1 Å². The Hall–Kier alpha value is -1.42. The van der Waals surface area contributed by atoms with Crippen molar-refractivity contribution in [2.24, 2.45) is 0 Å². The number of nitrogens with zero attached hydrogens (tertiary/aromatic N) is 1. The van der Waals surface area contributed by atoms with Gasteiger partial charge in [-0.1, -0.05) is 29.4 Å². The second-order valence-corrected chi connectivity index (χ2v) is 3.94. The third-order valence-electron chi connectivity index (χ3n) is 2.17. The van der Waals surface area contributed by atoms with Gasteiger partial charge < -0.3 is 4.52 Å². The van der Waals surface area contributed by atoms with Gasteiger partial charge in [-0.3, -0.25) is 4.79 Å². The predicted molar refractivity (Wildman–Crippen MR) is 59.8 cm³/mol. The first kappa shape index (κ1) is 10.1. The minimum atomic E-state index is 0.216. The number of rotatable bonds is 2. The van der Waals surface area contributed by atoms with Crippen molar-refractivity contribution in [3.05, 3.63) is 40.1 Å². The Labute approximate surface area is 95.2 Å². The molecule has 2 aromatic rings. The lowest BCUT2D eigenvalue weighted by Gasteiger charge is -2.00. The Morgan fingerprint density at radius 2 is 2.13 bits per heavy atom. The van der Waals surface area contributed by atoms with Gasteiger partial charge in [0.2, 0.25) is 5.76 Å². The highest BCUT2D eigenvalue weighted by atomic mass is 79.9. The van der Waals surface area contributed by atoms with E-state index < -0.39 is 0 Å². The number of carbonyl (C=O) groups is 1. The second kappa shape index (κ2) is 3.98. The highest BCUT2D eigenvalue weighted by molar-refractivity contribution is 9.10. The monoisotopic (exact) mass is 265 g/mol. The molecule has 0 amide bonds. The van der Waals surface area contributed by atoms with Crippen molar-refractivity contribution < 1.29 is 9.32 Å². The van der Waals surface area contributed by atoms with Gasteiger partial charge in [0.1, 0.15) is 5.69 Å². The van der Waals surface area contributed by atoms with Crippen molar-refractivity contribution in [1.29, 1.82) is 0 Å². The van der Waals surface area contributed by atoms with E-state index in [1.165, 1.54) is 0 Å². The molecule has 76 valence electrons. The largest absolute Gasteiger partial charge is 0.352 e. The Balaban J connectivity index is 2.59. The number of hydrogen-bond acceptors (Lipinski definition) is 3. The summed E-state index contributed by atoms with van der Waals surface area (Å²) in [4.78, 5) is 10.6. The molecular weight excluding hydrogens is 258 g/mol. The second-order valence-electron chi connectivity index (χ2n) is 3.14. The first-order valence-electron chi connectivity index (χ1n) is 4.40. The SMILES string of the molecule is Cc1ccccc1-c1noc(C=O)c1Br. The van der Waals surface area contributed by atoms with Crippen LogP contribution < -0.4 is 0 Å². The summed E-state index contributed by atoms with van der Waals surface area (Å²) < 4.78 is 5.49. The quantitative estimate of drug-likeness (QED) is 0.784. The molecule has 0 atom stereocenters. The van der Waals surface area contributed by atoms with Crippen molar-refractivity contribution in [2.45, 2.75) is 6.92 Å². The van der Waals surface area contributed by atoms with Crippen LogP contribution in [0.2, 0.25) is 0 Å². The minimum absolute atomic E-state index is 0.216. The summed E-state index contributed by atoms with van der Waals surface area (Å²) in [6, 6.07) is 7.79. The van der Waals surface area contributed by atoms with Gasteiger partial charge in [-0.25, -0.2) is 0 Å². The number of halogens is 1. The molecule has 0 saturated carbocycles. The number of aldehydes is 1. The molecule has 0 unspecified atom stereocenters. The van der Waals surface area contributed by atoms with E-state index in [9.17, 15) is 4.79 Å². The molecule has 0 radical (unpaired) electrons. The van der Waals surface area contributed by atoms with Crippen molar-refractivity contribution >= 4 is 22.2 Å². The van der Waals surface area contributed by atoms with Crippen molar-refractivity contribution in [2.75, 3.05) is 0 Å². The van der Waals surface area contributed by atoms with E-state index in [4.69, 9.17) is 4.52 Å². The molecule has 15 heavy (non-hydrogen) atoms. The normalized spacial score (nSPS) is 10.3. The van der Waals surface area contributed by atoms with Gasteiger partial charge in [0.15, 0.2) is 6.29 Å². The average Bonchev–Trinajstić information content (AvgIpc) is 2.60. The van der Waals surface area contributed by atoms with Gasteiger partial charge in [0.05, 0.1) is 4.47 Å². The van der Waals surface area contributed by atoms with Crippen molar-refractivity contribution in [1.82, 2.24) is 5.16 Å². The smallest absolute Gasteiger partial charge is 0.214 e. The maximum absolute atomic E-state index is 10.6. The maximum atomic E-state index is 10.6. The zero-order valence-corrected chi connectivity index (χ0v) is 9.61. The van der Waals surface area contributed by atoms with Gasteiger partial charge in [0.25, 0.3) is 0 Å². The molecule has 0 N–H and O–H groups in total. The summed E-state index contributed by atoms with van der Waals surface area (Å²) in [5, 5.41) is 3.86. The first-order valence-corrected chi connectivity index (χ1v) is 5.19. The lowest BCUT2D eigenvalue weighted by atomic mass is 10.1. The fraction of sp³-hybridized carbons (Fsp3) is 0.0909. The zero-order valence-electron chi connectivity index (χ0n) is 8.03. The third-order valence-corrected chi connectivity index (χ3v) is 2.93. The van der Waals surface area contributed by atoms with Crippen LogP contribution in [-0.4, -0.2) is 11.4 Å². The molecule has 0 bridgehead atoms. The molecule has 0 fully saturated rings. The molecular formula is C11H8BrNO2. The molecule has 0 aliphatic heterocycles. The Bertz CT molecular complexity index is 505. The van der Waals surface area contributed by atoms with Crippen LogP contribution in [0, 0.1) is 6.92 Å². The van der Waals surface area contributed by atoms with Gasteiger partial charge in [-0.05, 0) is 28.4 Å².